The Labute approximate surface area is 224 Å². The first-order valence-corrected chi connectivity index (χ1v) is 12.6. The van der Waals surface area contributed by atoms with Gasteiger partial charge in [-0.3, -0.25) is 19.2 Å². The standard InChI is InChI=1S/C27H42N4O7/c1-9-18(4)31(25(35)19(13-14-20(28)32)30-26(36)38-27(5,6)7)23(24(34)29-15-21(33)37-8)22-16(2)11-10-12-17(22)3/h10-12,18-19,23H,9,13-15H2,1-8H3,(H2,28,32)(H,29,34)(H,30,36). The number of carbonyl (C=O) groups excluding carboxylic acids is 5. The highest BCUT2D eigenvalue weighted by atomic mass is 16.6. The summed E-state index contributed by atoms with van der Waals surface area (Å²) < 4.78 is 9.98. The van der Waals surface area contributed by atoms with E-state index in [4.69, 9.17) is 10.5 Å². The summed E-state index contributed by atoms with van der Waals surface area (Å²) in [6, 6.07) is 2.68. The number of alkyl carbamates (subject to hydrolysis) is 1. The Morgan fingerprint density at radius 2 is 1.66 bits per heavy atom. The number of nitrogens with one attached hydrogen (secondary N) is 2. The third kappa shape index (κ3) is 9.68. The Hall–Kier alpha value is -3.63. The fourth-order valence-corrected chi connectivity index (χ4v) is 3.95. The average Bonchev–Trinajstić information content (AvgIpc) is 2.82. The van der Waals surface area contributed by atoms with Crippen molar-refractivity contribution < 1.29 is 33.4 Å². The van der Waals surface area contributed by atoms with E-state index in [0.29, 0.717) is 12.0 Å². The molecule has 11 heteroatoms. The van der Waals surface area contributed by atoms with Gasteiger partial charge in [0.15, 0.2) is 0 Å². The van der Waals surface area contributed by atoms with Crippen LogP contribution in [-0.2, 0) is 28.7 Å². The molecule has 11 nitrogen and oxygen atoms in total. The van der Waals surface area contributed by atoms with Crippen molar-refractivity contribution in [3.05, 3.63) is 34.9 Å². The molecule has 1 rings (SSSR count). The zero-order chi connectivity index (χ0) is 29.2. The second-order valence-corrected chi connectivity index (χ2v) is 10.2. The van der Waals surface area contributed by atoms with Crippen molar-refractivity contribution in [2.45, 2.75) is 91.5 Å². The van der Waals surface area contributed by atoms with Gasteiger partial charge in [-0.2, -0.15) is 0 Å². The molecule has 0 saturated heterocycles. The Bertz CT molecular complexity index is 999. The predicted molar refractivity (Wildman–Crippen MR) is 142 cm³/mol. The Morgan fingerprint density at radius 1 is 1.08 bits per heavy atom. The van der Waals surface area contributed by atoms with Crippen molar-refractivity contribution in [3.8, 4) is 0 Å². The van der Waals surface area contributed by atoms with Gasteiger partial charge in [0.2, 0.25) is 17.7 Å². The smallest absolute Gasteiger partial charge is 0.408 e. The summed E-state index contributed by atoms with van der Waals surface area (Å²) in [7, 11) is 1.21. The lowest BCUT2D eigenvalue weighted by Gasteiger charge is -2.39. The molecule has 1 aromatic carbocycles. The van der Waals surface area contributed by atoms with Crippen molar-refractivity contribution in [1.29, 1.82) is 0 Å². The number of nitrogens with zero attached hydrogens (tertiary/aromatic N) is 1. The van der Waals surface area contributed by atoms with E-state index in [1.165, 1.54) is 12.0 Å². The van der Waals surface area contributed by atoms with Gasteiger partial charge in [-0.15, -0.1) is 0 Å². The first-order chi connectivity index (χ1) is 17.6. The zero-order valence-corrected chi connectivity index (χ0v) is 23.7. The third-order valence-electron chi connectivity index (χ3n) is 5.97. The minimum absolute atomic E-state index is 0.0937. The maximum Gasteiger partial charge on any atom is 0.408 e. The molecule has 0 radical (unpaired) electrons. The normalized spacial score (nSPS) is 13.5. The lowest BCUT2D eigenvalue weighted by atomic mass is 9.92. The number of aryl methyl sites for hydroxylation is 2. The van der Waals surface area contributed by atoms with E-state index in [1.807, 2.05) is 39.0 Å². The second-order valence-electron chi connectivity index (χ2n) is 10.2. The number of amides is 4. The van der Waals surface area contributed by atoms with Crippen LogP contribution in [0, 0.1) is 13.8 Å². The van der Waals surface area contributed by atoms with Crippen LogP contribution < -0.4 is 16.4 Å². The molecule has 212 valence electrons. The van der Waals surface area contributed by atoms with Gasteiger partial charge >= 0.3 is 12.1 Å². The fraction of sp³-hybridized carbons (Fsp3) is 0.593. The summed E-state index contributed by atoms with van der Waals surface area (Å²) in [4.78, 5) is 65.1. The molecule has 38 heavy (non-hydrogen) atoms. The van der Waals surface area contributed by atoms with Gasteiger partial charge in [-0.05, 0) is 71.1 Å². The van der Waals surface area contributed by atoms with E-state index in [9.17, 15) is 24.0 Å². The molecule has 4 amide bonds. The fourth-order valence-electron chi connectivity index (χ4n) is 3.95. The topological polar surface area (TPSA) is 157 Å². The van der Waals surface area contributed by atoms with Crippen LogP contribution in [0.15, 0.2) is 18.2 Å². The molecule has 0 aliphatic heterocycles. The van der Waals surface area contributed by atoms with Crippen molar-refractivity contribution in [3.63, 3.8) is 0 Å². The molecule has 0 spiro atoms. The number of carbonyl (C=O) groups is 5. The van der Waals surface area contributed by atoms with Crippen LogP contribution in [0.5, 0.6) is 0 Å². The Balaban J connectivity index is 3.64. The number of methoxy groups -OCH3 is 1. The number of hydrogen-bond donors (Lipinski definition) is 3. The molecule has 0 fully saturated rings. The SMILES string of the molecule is CCC(C)N(C(=O)C(CCC(N)=O)NC(=O)OC(C)(C)C)C(C(=O)NCC(=O)OC)c1c(C)cccc1C. The van der Waals surface area contributed by atoms with Gasteiger partial charge in [-0.25, -0.2) is 4.79 Å². The molecular weight excluding hydrogens is 492 g/mol. The van der Waals surface area contributed by atoms with Crippen molar-refractivity contribution in [2.24, 2.45) is 5.73 Å². The van der Waals surface area contributed by atoms with Crippen molar-refractivity contribution >= 4 is 29.8 Å². The van der Waals surface area contributed by atoms with Crippen LogP contribution in [0.1, 0.15) is 76.6 Å². The van der Waals surface area contributed by atoms with Crippen molar-refractivity contribution in [1.82, 2.24) is 15.5 Å². The molecule has 0 saturated carbocycles. The van der Waals surface area contributed by atoms with Crippen LogP contribution in [0.25, 0.3) is 0 Å². The average molecular weight is 535 g/mol. The highest BCUT2D eigenvalue weighted by molar-refractivity contribution is 5.94. The number of primary amides is 1. The molecule has 0 aliphatic carbocycles. The summed E-state index contributed by atoms with van der Waals surface area (Å²) in [5, 5.41) is 5.12. The number of esters is 1. The summed E-state index contributed by atoms with van der Waals surface area (Å²) in [6.07, 6.45) is -0.637. The number of nitrogens with two attached hydrogens (primary N) is 1. The van der Waals surface area contributed by atoms with Crippen LogP contribution in [-0.4, -0.2) is 66.0 Å². The maximum absolute atomic E-state index is 14.1. The first-order valence-electron chi connectivity index (χ1n) is 12.6. The lowest BCUT2D eigenvalue weighted by molar-refractivity contribution is -0.146. The highest BCUT2D eigenvalue weighted by Crippen LogP contribution is 2.31. The van der Waals surface area contributed by atoms with Gasteiger partial charge in [-0.1, -0.05) is 25.1 Å². The largest absolute Gasteiger partial charge is 0.468 e. The van der Waals surface area contributed by atoms with Gasteiger partial charge in [0.05, 0.1) is 7.11 Å². The summed E-state index contributed by atoms with van der Waals surface area (Å²) in [5.74, 6) is -2.48. The molecule has 0 bridgehead atoms. The molecule has 1 aromatic rings. The van der Waals surface area contributed by atoms with Gasteiger partial charge in [0.25, 0.3) is 0 Å². The predicted octanol–water partition coefficient (Wildman–Crippen LogP) is 2.42. The molecule has 0 heterocycles. The van der Waals surface area contributed by atoms with Crippen LogP contribution in [0.3, 0.4) is 0 Å². The zero-order valence-electron chi connectivity index (χ0n) is 23.7. The first kappa shape index (κ1) is 32.4. The number of rotatable bonds is 12. The highest BCUT2D eigenvalue weighted by Gasteiger charge is 2.39. The van der Waals surface area contributed by atoms with Crippen LogP contribution in [0.4, 0.5) is 4.79 Å². The molecule has 0 aromatic heterocycles. The van der Waals surface area contributed by atoms with Crippen LogP contribution >= 0.6 is 0 Å². The molecule has 0 aliphatic rings. The maximum atomic E-state index is 14.1. The second kappa shape index (κ2) is 14.3. The van der Waals surface area contributed by atoms with Gasteiger partial charge < -0.3 is 30.7 Å². The number of benzene rings is 1. The monoisotopic (exact) mass is 534 g/mol. The van der Waals surface area contributed by atoms with E-state index < -0.39 is 53.5 Å². The molecular formula is C27H42N4O7. The van der Waals surface area contributed by atoms with E-state index >= 15 is 0 Å². The van der Waals surface area contributed by atoms with Crippen LogP contribution in [0.2, 0.25) is 0 Å². The minimum Gasteiger partial charge on any atom is -0.468 e. The molecule has 4 N–H and O–H groups in total. The minimum atomic E-state index is -1.20. The van der Waals surface area contributed by atoms with E-state index in [-0.39, 0.29) is 19.4 Å². The van der Waals surface area contributed by atoms with E-state index in [1.54, 1.807) is 27.7 Å². The number of ether oxygens (including phenoxy) is 2. The Morgan fingerprint density at radius 3 is 2.13 bits per heavy atom. The van der Waals surface area contributed by atoms with Gasteiger partial charge in [0.1, 0.15) is 24.2 Å². The van der Waals surface area contributed by atoms with E-state index in [2.05, 4.69) is 15.4 Å². The quantitative estimate of drug-likeness (QED) is 0.348. The lowest BCUT2D eigenvalue weighted by Crippen LogP contribution is -2.56. The number of hydrogen-bond acceptors (Lipinski definition) is 7. The molecule has 3 unspecified atom stereocenters. The summed E-state index contributed by atoms with van der Waals surface area (Å²) >= 11 is 0. The Kier molecular flexibility index (Phi) is 12.2. The molecule has 3 atom stereocenters. The summed E-state index contributed by atoms with van der Waals surface area (Å²) in [6.45, 7) is 11.9. The van der Waals surface area contributed by atoms with Crippen molar-refractivity contribution in [2.75, 3.05) is 13.7 Å². The van der Waals surface area contributed by atoms with Gasteiger partial charge in [0, 0.05) is 12.5 Å². The summed E-state index contributed by atoms with van der Waals surface area (Å²) in [5.41, 5.74) is 6.63. The van der Waals surface area contributed by atoms with E-state index in [0.717, 1.165) is 11.1 Å². The third-order valence-corrected chi connectivity index (χ3v) is 5.97.